The quantitative estimate of drug-likeness (QED) is 0.529. The molecule has 1 amide bonds. The van der Waals surface area contributed by atoms with Gasteiger partial charge in [0.25, 0.3) is 5.91 Å². The van der Waals surface area contributed by atoms with Crippen LogP contribution in [0, 0.1) is 0 Å². The van der Waals surface area contributed by atoms with Crippen LogP contribution in [0.2, 0.25) is 0 Å². The molecule has 0 aliphatic heterocycles. The predicted molar refractivity (Wildman–Crippen MR) is 99.8 cm³/mol. The molecule has 132 valence electrons. The van der Waals surface area contributed by atoms with Crippen molar-refractivity contribution in [3.05, 3.63) is 66.2 Å². The van der Waals surface area contributed by atoms with Gasteiger partial charge in [0, 0.05) is 5.39 Å². The molecule has 0 heterocycles. The summed E-state index contributed by atoms with van der Waals surface area (Å²) in [6.45, 7) is -0.149. The van der Waals surface area contributed by atoms with Crippen molar-refractivity contribution in [3.63, 3.8) is 0 Å². The number of ether oxygens (including phenoxy) is 2. The molecule has 0 aliphatic rings. The molecule has 6 nitrogen and oxygen atoms in total. The second kappa shape index (κ2) is 8.02. The highest BCUT2D eigenvalue weighted by Crippen LogP contribution is 2.26. The second-order valence-electron chi connectivity index (χ2n) is 5.49. The first-order chi connectivity index (χ1) is 12.7. The molecule has 6 heteroatoms. The van der Waals surface area contributed by atoms with Crippen molar-refractivity contribution in [1.29, 1.82) is 0 Å². The van der Waals surface area contributed by atoms with Crippen LogP contribution in [0.4, 0.5) is 0 Å². The van der Waals surface area contributed by atoms with Crippen LogP contribution in [0.1, 0.15) is 5.56 Å². The van der Waals surface area contributed by atoms with Gasteiger partial charge in [-0.25, -0.2) is 5.43 Å². The first-order valence-corrected chi connectivity index (χ1v) is 7.97. The lowest BCUT2D eigenvalue weighted by Crippen LogP contribution is -2.24. The molecular weight excluding hydrogens is 332 g/mol. The number of hydrogen-bond acceptors (Lipinski definition) is 5. The molecule has 2 N–H and O–H groups in total. The molecule has 0 fully saturated rings. The first-order valence-electron chi connectivity index (χ1n) is 7.97. The van der Waals surface area contributed by atoms with E-state index >= 15 is 0 Å². The Morgan fingerprint density at radius 1 is 1.12 bits per heavy atom. The van der Waals surface area contributed by atoms with E-state index in [1.165, 1.54) is 19.4 Å². The van der Waals surface area contributed by atoms with E-state index < -0.39 is 0 Å². The molecule has 0 radical (unpaired) electrons. The van der Waals surface area contributed by atoms with E-state index in [9.17, 15) is 9.90 Å². The fourth-order valence-corrected chi connectivity index (χ4v) is 2.45. The molecule has 0 bridgehead atoms. The van der Waals surface area contributed by atoms with Crippen molar-refractivity contribution in [2.24, 2.45) is 5.10 Å². The standard InChI is InChI=1S/C20H18N2O4/c1-25-19-11-14(9-10-17(19)23)12-21-22-20(24)13-26-18-8-4-6-15-5-2-3-7-16(15)18/h2-12,23H,13H2,1H3,(H,22,24). The zero-order valence-electron chi connectivity index (χ0n) is 14.2. The van der Waals surface area contributed by atoms with Crippen LogP contribution in [0.15, 0.2) is 65.8 Å². The molecule has 26 heavy (non-hydrogen) atoms. The van der Waals surface area contributed by atoms with Gasteiger partial charge >= 0.3 is 0 Å². The van der Waals surface area contributed by atoms with Crippen molar-refractivity contribution in [1.82, 2.24) is 5.43 Å². The fraction of sp³-hybridized carbons (Fsp3) is 0.100. The maximum atomic E-state index is 11.9. The van der Waals surface area contributed by atoms with Gasteiger partial charge < -0.3 is 14.6 Å². The summed E-state index contributed by atoms with van der Waals surface area (Å²) in [5.74, 6) is 0.641. The molecule has 0 atom stereocenters. The lowest BCUT2D eigenvalue weighted by Gasteiger charge is -2.08. The Hall–Kier alpha value is -3.54. The molecule has 3 aromatic carbocycles. The number of benzene rings is 3. The number of nitrogens with one attached hydrogen (secondary N) is 1. The number of rotatable bonds is 6. The van der Waals surface area contributed by atoms with E-state index in [-0.39, 0.29) is 18.3 Å². The van der Waals surface area contributed by atoms with Gasteiger partial charge in [0.15, 0.2) is 18.1 Å². The number of nitrogens with zero attached hydrogens (tertiary/aromatic N) is 1. The predicted octanol–water partition coefficient (Wildman–Crippen LogP) is 3.08. The number of carbonyl (C=O) groups excluding carboxylic acids is 1. The summed E-state index contributed by atoms with van der Waals surface area (Å²) in [6.07, 6.45) is 1.46. The monoisotopic (exact) mass is 350 g/mol. The van der Waals surface area contributed by atoms with Crippen LogP contribution in [-0.4, -0.2) is 30.9 Å². The number of hydrogen-bond donors (Lipinski definition) is 2. The molecule has 0 aliphatic carbocycles. The summed E-state index contributed by atoms with van der Waals surface area (Å²) in [5, 5.41) is 15.4. The third-order valence-corrected chi connectivity index (χ3v) is 3.72. The number of phenols is 1. The van der Waals surface area contributed by atoms with Gasteiger partial charge in [0.05, 0.1) is 13.3 Å². The molecule has 0 unspecified atom stereocenters. The van der Waals surface area contributed by atoms with Crippen LogP contribution in [-0.2, 0) is 4.79 Å². The Balaban J connectivity index is 1.57. The number of fused-ring (bicyclic) bond motifs is 1. The van der Waals surface area contributed by atoms with Crippen LogP contribution >= 0.6 is 0 Å². The van der Waals surface area contributed by atoms with Gasteiger partial charge in [-0.1, -0.05) is 36.4 Å². The minimum atomic E-state index is -0.375. The molecule has 0 spiro atoms. The first kappa shape index (κ1) is 17.3. The van der Waals surface area contributed by atoms with Crippen LogP contribution in [0.3, 0.4) is 0 Å². The van der Waals surface area contributed by atoms with Gasteiger partial charge in [-0.05, 0) is 35.2 Å². The van der Waals surface area contributed by atoms with E-state index in [2.05, 4.69) is 10.5 Å². The van der Waals surface area contributed by atoms with Gasteiger partial charge in [-0.2, -0.15) is 5.10 Å². The topological polar surface area (TPSA) is 80.2 Å². The summed E-state index contributed by atoms with van der Waals surface area (Å²) >= 11 is 0. The molecule has 3 rings (SSSR count). The third kappa shape index (κ3) is 4.10. The van der Waals surface area contributed by atoms with E-state index in [0.717, 1.165) is 10.8 Å². The average molecular weight is 350 g/mol. The minimum absolute atomic E-state index is 0.0390. The Morgan fingerprint density at radius 3 is 2.77 bits per heavy atom. The van der Waals surface area contributed by atoms with E-state index in [1.807, 2.05) is 42.5 Å². The highest BCUT2D eigenvalue weighted by molar-refractivity contribution is 5.89. The largest absolute Gasteiger partial charge is 0.504 e. The zero-order valence-corrected chi connectivity index (χ0v) is 14.2. The molecule has 0 saturated carbocycles. The molecule has 0 aromatic heterocycles. The van der Waals surface area contributed by atoms with Crippen LogP contribution < -0.4 is 14.9 Å². The van der Waals surface area contributed by atoms with Gasteiger partial charge in [0.2, 0.25) is 0 Å². The Kier molecular flexibility index (Phi) is 5.34. The zero-order chi connectivity index (χ0) is 18.4. The van der Waals surface area contributed by atoms with Crippen LogP contribution in [0.5, 0.6) is 17.2 Å². The average Bonchev–Trinajstić information content (AvgIpc) is 2.67. The smallest absolute Gasteiger partial charge is 0.277 e. The SMILES string of the molecule is COc1cc(C=NNC(=O)COc2cccc3ccccc23)ccc1O. The lowest BCUT2D eigenvalue weighted by atomic mass is 10.1. The van der Waals surface area contributed by atoms with E-state index in [4.69, 9.17) is 9.47 Å². The highest BCUT2D eigenvalue weighted by atomic mass is 16.5. The summed E-state index contributed by atoms with van der Waals surface area (Å²) in [6, 6.07) is 18.2. The van der Waals surface area contributed by atoms with Crippen molar-refractivity contribution in [2.45, 2.75) is 0 Å². The molecular formula is C20H18N2O4. The van der Waals surface area contributed by atoms with Gasteiger partial charge in [0.1, 0.15) is 5.75 Å². The molecule has 3 aromatic rings. The van der Waals surface area contributed by atoms with Crippen molar-refractivity contribution in [3.8, 4) is 17.2 Å². The normalized spacial score (nSPS) is 10.8. The summed E-state index contributed by atoms with van der Waals surface area (Å²) in [5.41, 5.74) is 3.08. The number of hydrazone groups is 1. The number of aromatic hydroxyl groups is 1. The Bertz CT molecular complexity index is 948. The summed E-state index contributed by atoms with van der Waals surface area (Å²) in [7, 11) is 1.46. The highest BCUT2D eigenvalue weighted by Gasteiger charge is 2.05. The minimum Gasteiger partial charge on any atom is -0.504 e. The lowest BCUT2D eigenvalue weighted by molar-refractivity contribution is -0.123. The van der Waals surface area contributed by atoms with Gasteiger partial charge in [-0.3, -0.25) is 4.79 Å². The second-order valence-corrected chi connectivity index (χ2v) is 5.49. The summed E-state index contributed by atoms with van der Waals surface area (Å²) in [4.78, 5) is 11.9. The maximum absolute atomic E-state index is 11.9. The van der Waals surface area contributed by atoms with E-state index in [1.54, 1.807) is 12.1 Å². The fourth-order valence-electron chi connectivity index (χ4n) is 2.45. The number of methoxy groups -OCH3 is 1. The maximum Gasteiger partial charge on any atom is 0.277 e. The Labute approximate surface area is 150 Å². The van der Waals surface area contributed by atoms with Crippen molar-refractivity contribution < 1.29 is 19.4 Å². The van der Waals surface area contributed by atoms with Gasteiger partial charge in [-0.15, -0.1) is 0 Å². The Morgan fingerprint density at radius 2 is 1.92 bits per heavy atom. The van der Waals surface area contributed by atoms with Crippen molar-refractivity contribution in [2.75, 3.05) is 13.7 Å². The van der Waals surface area contributed by atoms with E-state index in [0.29, 0.717) is 17.1 Å². The third-order valence-electron chi connectivity index (χ3n) is 3.72. The molecule has 0 saturated heterocycles. The summed E-state index contributed by atoms with van der Waals surface area (Å²) < 4.78 is 10.6. The number of phenolic OH excluding ortho intramolecular Hbond substituents is 1. The van der Waals surface area contributed by atoms with Crippen molar-refractivity contribution >= 4 is 22.9 Å². The van der Waals surface area contributed by atoms with Crippen LogP contribution in [0.25, 0.3) is 10.8 Å². The number of amides is 1. The number of carbonyl (C=O) groups is 1.